The summed E-state index contributed by atoms with van der Waals surface area (Å²) in [4.78, 5) is 22.3. The molecule has 1 unspecified atom stereocenters. The van der Waals surface area contributed by atoms with Gasteiger partial charge < -0.3 is 4.90 Å². The highest BCUT2D eigenvalue weighted by Crippen LogP contribution is 2.42. The van der Waals surface area contributed by atoms with Gasteiger partial charge in [0.1, 0.15) is 5.54 Å². The zero-order chi connectivity index (χ0) is 15.2. The second-order valence-corrected chi connectivity index (χ2v) is 7.22. The lowest BCUT2D eigenvalue weighted by Crippen LogP contribution is -2.60. The maximum atomic E-state index is 13.1. The van der Waals surface area contributed by atoms with Gasteiger partial charge in [-0.2, -0.15) is 0 Å². The highest BCUT2D eigenvalue weighted by Gasteiger charge is 2.52. The van der Waals surface area contributed by atoms with E-state index >= 15 is 0 Å². The highest BCUT2D eigenvalue weighted by atomic mass is 16.2. The van der Waals surface area contributed by atoms with Crippen molar-refractivity contribution in [3.05, 3.63) is 29.6 Å². The van der Waals surface area contributed by atoms with Crippen molar-refractivity contribution in [1.82, 2.24) is 14.8 Å². The van der Waals surface area contributed by atoms with Gasteiger partial charge in [0.2, 0.25) is 5.91 Å². The molecule has 118 valence electrons. The average Bonchev–Trinajstić information content (AvgIpc) is 3.28. The van der Waals surface area contributed by atoms with Gasteiger partial charge in [0.15, 0.2) is 0 Å². The van der Waals surface area contributed by atoms with Crippen LogP contribution in [0.2, 0.25) is 0 Å². The lowest BCUT2D eigenvalue weighted by atomic mass is 9.85. The molecule has 1 amide bonds. The molecular weight excluding hydrogens is 274 g/mol. The van der Waals surface area contributed by atoms with E-state index in [0.29, 0.717) is 11.9 Å². The molecule has 2 saturated heterocycles. The summed E-state index contributed by atoms with van der Waals surface area (Å²) in [6.07, 6.45) is 8.69. The lowest BCUT2D eigenvalue weighted by Gasteiger charge is -2.44. The largest absolute Gasteiger partial charge is 0.338 e. The molecule has 1 aromatic rings. The Kier molecular flexibility index (Phi) is 3.44. The van der Waals surface area contributed by atoms with Crippen LogP contribution in [0.1, 0.15) is 49.8 Å². The van der Waals surface area contributed by atoms with E-state index in [0.717, 1.165) is 51.0 Å². The van der Waals surface area contributed by atoms with Crippen molar-refractivity contribution in [2.75, 3.05) is 13.1 Å². The van der Waals surface area contributed by atoms with E-state index in [1.165, 1.54) is 18.4 Å². The molecule has 3 fully saturated rings. The molecule has 4 rings (SSSR count). The Bertz CT molecular complexity index is 566. The second kappa shape index (κ2) is 5.34. The monoisotopic (exact) mass is 299 g/mol. The molecule has 3 heterocycles. The fraction of sp³-hybridized carbons (Fsp3) is 0.667. The summed E-state index contributed by atoms with van der Waals surface area (Å²) in [6.45, 7) is 4.87. The Balaban J connectivity index is 1.56. The third-order valence-electron chi connectivity index (χ3n) is 5.59. The number of likely N-dealkylation sites (tertiary alicyclic amines) is 2. The summed E-state index contributed by atoms with van der Waals surface area (Å²) in [5.74, 6) is 0.408. The van der Waals surface area contributed by atoms with Crippen LogP contribution >= 0.6 is 0 Å². The summed E-state index contributed by atoms with van der Waals surface area (Å²) < 4.78 is 0. The summed E-state index contributed by atoms with van der Waals surface area (Å²) in [5.41, 5.74) is 2.05. The zero-order valence-corrected chi connectivity index (χ0v) is 13.4. The standard InChI is InChI=1S/C18H25N3O/c1-14-4-5-15(19-12-14)13-20-10-2-8-18(20)9-3-11-21(17(18)22)16-6-7-16/h4-5,12,16H,2-3,6-11,13H2,1H3. The zero-order valence-electron chi connectivity index (χ0n) is 13.4. The number of piperidine rings is 1. The van der Waals surface area contributed by atoms with Gasteiger partial charge in [0.05, 0.1) is 5.69 Å². The molecule has 1 aliphatic carbocycles. The molecule has 0 aromatic carbocycles. The van der Waals surface area contributed by atoms with Crippen LogP contribution in [0.15, 0.2) is 18.3 Å². The number of aromatic nitrogens is 1. The van der Waals surface area contributed by atoms with Gasteiger partial charge in [-0.25, -0.2) is 0 Å². The molecule has 22 heavy (non-hydrogen) atoms. The predicted octanol–water partition coefficient (Wildman–Crippen LogP) is 2.51. The molecule has 1 aromatic heterocycles. The molecule has 1 spiro atoms. The Morgan fingerprint density at radius 2 is 2.00 bits per heavy atom. The third-order valence-corrected chi connectivity index (χ3v) is 5.59. The van der Waals surface area contributed by atoms with Crippen molar-refractivity contribution in [1.29, 1.82) is 0 Å². The molecule has 4 nitrogen and oxygen atoms in total. The van der Waals surface area contributed by atoms with Crippen molar-refractivity contribution in [3.63, 3.8) is 0 Å². The number of hydrogen-bond donors (Lipinski definition) is 0. The minimum Gasteiger partial charge on any atom is -0.338 e. The van der Waals surface area contributed by atoms with E-state index in [-0.39, 0.29) is 5.54 Å². The maximum absolute atomic E-state index is 13.1. The molecule has 1 atom stereocenters. The van der Waals surface area contributed by atoms with Crippen LogP contribution in [0.4, 0.5) is 0 Å². The molecule has 0 N–H and O–H groups in total. The number of carbonyl (C=O) groups excluding carboxylic acids is 1. The van der Waals surface area contributed by atoms with Gasteiger partial charge in [0.25, 0.3) is 0 Å². The quantitative estimate of drug-likeness (QED) is 0.860. The summed E-state index contributed by atoms with van der Waals surface area (Å²) in [5, 5.41) is 0. The Morgan fingerprint density at radius 1 is 1.23 bits per heavy atom. The predicted molar refractivity (Wildman–Crippen MR) is 85.3 cm³/mol. The van der Waals surface area contributed by atoms with E-state index in [1.54, 1.807) is 0 Å². The van der Waals surface area contributed by atoms with Crippen molar-refractivity contribution < 1.29 is 4.79 Å². The number of aryl methyl sites for hydroxylation is 1. The maximum Gasteiger partial charge on any atom is 0.243 e. The smallest absolute Gasteiger partial charge is 0.243 e. The minimum absolute atomic E-state index is 0.229. The van der Waals surface area contributed by atoms with Crippen LogP contribution in [0.25, 0.3) is 0 Å². The average molecular weight is 299 g/mol. The molecular formula is C18H25N3O. The summed E-state index contributed by atoms with van der Waals surface area (Å²) >= 11 is 0. The van der Waals surface area contributed by atoms with Gasteiger partial charge in [-0.1, -0.05) is 6.07 Å². The molecule has 3 aliphatic rings. The van der Waals surface area contributed by atoms with Crippen LogP contribution in [0.5, 0.6) is 0 Å². The van der Waals surface area contributed by atoms with Gasteiger partial charge in [-0.15, -0.1) is 0 Å². The number of carbonyl (C=O) groups is 1. The number of pyridine rings is 1. The van der Waals surface area contributed by atoms with Crippen LogP contribution < -0.4 is 0 Å². The van der Waals surface area contributed by atoms with Gasteiger partial charge in [-0.3, -0.25) is 14.7 Å². The molecule has 0 radical (unpaired) electrons. The fourth-order valence-electron chi connectivity index (χ4n) is 4.23. The summed E-state index contributed by atoms with van der Waals surface area (Å²) in [6, 6.07) is 4.77. The van der Waals surface area contributed by atoms with E-state index in [1.807, 2.05) is 6.20 Å². The van der Waals surface area contributed by atoms with Gasteiger partial charge in [0, 0.05) is 25.3 Å². The minimum atomic E-state index is -0.229. The first-order chi connectivity index (χ1) is 10.7. The number of hydrogen-bond acceptors (Lipinski definition) is 3. The number of rotatable bonds is 3. The first kappa shape index (κ1) is 14.2. The second-order valence-electron chi connectivity index (χ2n) is 7.22. The topological polar surface area (TPSA) is 36.4 Å². The van der Waals surface area contributed by atoms with E-state index in [9.17, 15) is 4.79 Å². The van der Waals surface area contributed by atoms with Crippen molar-refractivity contribution in [2.45, 2.75) is 63.6 Å². The fourth-order valence-corrected chi connectivity index (χ4v) is 4.23. The van der Waals surface area contributed by atoms with E-state index in [2.05, 4.69) is 33.8 Å². The van der Waals surface area contributed by atoms with Crippen molar-refractivity contribution in [2.24, 2.45) is 0 Å². The molecule has 4 heteroatoms. The van der Waals surface area contributed by atoms with Gasteiger partial charge in [-0.05, 0) is 63.6 Å². The van der Waals surface area contributed by atoms with Crippen LogP contribution in [-0.2, 0) is 11.3 Å². The van der Waals surface area contributed by atoms with Crippen molar-refractivity contribution in [3.8, 4) is 0 Å². The van der Waals surface area contributed by atoms with Crippen LogP contribution in [0, 0.1) is 6.92 Å². The normalized spacial score (nSPS) is 29.5. The molecule has 1 saturated carbocycles. The van der Waals surface area contributed by atoms with Crippen LogP contribution in [-0.4, -0.2) is 45.4 Å². The number of amides is 1. The Morgan fingerprint density at radius 3 is 2.68 bits per heavy atom. The van der Waals surface area contributed by atoms with Crippen LogP contribution in [0.3, 0.4) is 0 Å². The first-order valence-electron chi connectivity index (χ1n) is 8.67. The number of nitrogens with zero attached hydrogens (tertiary/aromatic N) is 3. The SMILES string of the molecule is Cc1ccc(CN2CCCC23CCCN(C2CC2)C3=O)nc1. The molecule has 0 bridgehead atoms. The third kappa shape index (κ3) is 2.34. The van der Waals surface area contributed by atoms with Gasteiger partial charge >= 0.3 is 0 Å². The highest BCUT2D eigenvalue weighted by molar-refractivity contribution is 5.88. The Hall–Kier alpha value is -1.42. The van der Waals surface area contributed by atoms with Crippen molar-refractivity contribution >= 4 is 5.91 Å². The van der Waals surface area contributed by atoms with E-state index < -0.39 is 0 Å². The first-order valence-corrected chi connectivity index (χ1v) is 8.67. The molecule has 2 aliphatic heterocycles. The summed E-state index contributed by atoms with van der Waals surface area (Å²) in [7, 11) is 0. The Labute approximate surface area is 132 Å². The van der Waals surface area contributed by atoms with E-state index in [4.69, 9.17) is 0 Å². The lowest BCUT2D eigenvalue weighted by molar-refractivity contribution is -0.148.